The molecule has 4 heteroatoms. The fourth-order valence-electron chi connectivity index (χ4n) is 1.16. The van der Waals surface area contributed by atoms with Gasteiger partial charge in [-0.25, -0.2) is 0 Å². The molecular formula is C15H24Cl2Si2. The summed E-state index contributed by atoms with van der Waals surface area (Å²) in [4.78, 5) is -0.482. The third-order valence-electron chi connectivity index (χ3n) is 2.15. The summed E-state index contributed by atoms with van der Waals surface area (Å²) in [5.74, 6) is 6.60. The smallest absolute Gasteiger partial charge is 0.129 e. The molecule has 0 aliphatic rings. The Bertz CT molecular complexity index is 399. The molecule has 0 unspecified atom stereocenters. The molecule has 0 aromatic heterocycles. The molecule has 0 aliphatic heterocycles. The number of halogens is 2. The normalized spacial score (nSPS) is 12.3. The van der Waals surface area contributed by atoms with Gasteiger partial charge in [0.25, 0.3) is 0 Å². The molecule has 0 aromatic rings. The van der Waals surface area contributed by atoms with Crippen LogP contribution >= 0.6 is 23.2 Å². The third kappa shape index (κ3) is 9.41. The van der Waals surface area contributed by atoms with Crippen molar-refractivity contribution in [3.8, 4) is 22.9 Å². The molecule has 0 aromatic carbocycles. The average Bonchev–Trinajstić information content (AvgIpc) is 2.19. The van der Waals surface area contributed by atoms with Gasteiger partial charge in [-0.2, -0.15) is 0 Å². The molecule has 0 fully saturated rings. The Morgan fingerprint density at radius 1 is 1.00 bits per heavy atom. The van der Waals surface area contributed by atoms with E-state index in [0.29, 0.717) is 6.42 Å². The van der Waals surface area contributed by atoms with Crippen molar-refractivity contribution >= 4 is 39.3 Å². The highest BCUT2D eigenvalue weighted by atomic mass is 35.5. The van der Waals surface area contributed by atoms with Crippen LogP contribution in [0.15, 0.2) is 12.7 Å². The highest BCUT2D eigenvalue weighted by molar-refractivity contribution is 6.84. The lowest BCUT2D eigenvalue weighted by Gasteiger charge is -2.20. The van der Waals surface area contributed by atoms with Crippen LogP contribution in [-0.2, 0) is 0 Å². The Hall–Kier alpha value is -0.126. The highest BCUT2D eigenvalue weighted by Gasteiger charge is 2.26. The molecule has 0 amide bonds. The fourth-order valence-corrected chi connectivity index (χ4v) is 2.84. The standard InChI is InChI=1S/C15H24Cl2Si2/c1-8-15(13-14(16)17,9-11-18(2,3)4)10-12-19(5,6)7/h8,14H,1,13H2,2-7H3. The predicted molar refractivity (Wildman–Crippen MR) is 95.0 cm³/mol. The average molecular weight is 331 g/mol. The summed E-state index contributed by atoms with van der Waals surface area (Å²) < 4.78 is 0. The van der Waals surface area contributed by atoms with Crippen LogP contribution in [0.1, 0.15) is 6.42 Å². The zero-order chi connectivity index (χ0) is 15.3. The molecule has 0 spiro atoms. The van der Waals surface area contributed by atoms with E-state index in [1.807, 2.05) is 0 Å². The zero-order valence-corrected chi connectivity index (χ0v) is 16.3. The van der Waals surface area contributed by atoms with Crippen LogP contribution in [0.4, 0.5) is 0 Å². The van der Waals surface area contributed by atoms with Crippen LogP contribution in [0.25, 0.3) is 0 Å². The van der Waals surface area contributed by atoms with Gasteiger partial charge in [-0.05, 0) is 0 Å². The highest BCUT2D eigenvalue weighted by Crippen LogP contribution is 2.28. The van der Waals surface area contributed by atoms with Crippen molar-refractivity contribution in [3.05, 3.63) is 12.7 Å². The van der Waals surface area contributed by atoms with Gasteiger partial charge in [0, 0.05) is 6.42 Å². The summed E-state index contributed by atoms with van der Waals surface area (Å²) in [5, 5.41) is 0. The fraction of sp³-hybridized carbons (Fsp3) is 0.600. The lowest BCUT2D eigenvalue weighted by atomic mass is 9.87. The van der Waals surface area contributed by atoms with Gasteiger partial charge >= 0.3 is 0 Å². The second-order valence-electron chi connectivity index (χ2n) is 6.77. The second-order valence-corrected chi connectivity index (χ2v) is 17.5. The van der Waals surface area contributed by atoms with Crippen LogP contribution in [0, 0.1) is 28.3 Å². The van der Waals surface area contributed by atoms with Crippen molar-refractivity contribution in [2.75, 3.05) is 0 Å². The minimum absolute atomic E-state index is 0.482. The lowest BCUT2D eigenvalue weighted by Crippen LogP contribution is -2.23. The topological polar surface area (TPSA) is 0 Å². The van der Waals surface area contributed by atoms with Crippen molar-refractivity contribution in [2.24, 2.45) is 5.41 Å². The molecule has 106 valence electrons. The van der Waals surface area contributed by atoms with E-state index in [9.17, 15) is 0 Å². The van der Waals surface area contributed by atoms with E-state index in [0.717, 1.165) is 0 Å². The summed E-state index contributed by atoms with van der Waals surface area (Å²) in [5.41, 5.74) is 6.16. The van der Waals surface area contributed by atoms with E-state index in [1.165, 1.54) is 0 Å². The summed E-state index contributed by atoms with van der Waals surface area (Å²) in [7, 11) is -2.92. The second kappa shape index (κ2) is 7.05. The number of rotatable bonds is 3. The van der Waals surface area contributed by atoms with Gasteiger partial charge in [-0.1, -0.05) is 57.2 Å². The minimum Gasteiger partial charge on any atom is -0.130 e. The Balaban J connectivity index is 5.61. The summed E-state index contributed by atoms with van der Waals surface area (Å²) in [6, 6.07) is 0. The molecule has 0 rings (SSSR count). The predicted octanol–water partition coefficient (Wildman–Crippen LogP) is 5.11. The van der Waals surface area contributed by atoms with E-state index in [1.54, 1.807) is 6.08 Å². The molecule has 0 bridgehead atoms. The maximum Gasteiger partial charge on any atom is 0.129 e. The van der Waals surface area contributed by atoms with E-state index in [-0.39, 0.29) is 0 Å². The maximum absolute atomic E-state index is 5.95. The first-order valence-electron chi connectivity index (χ1n) is 6.40. The SMILES string of the molecule is C=CC(C#C[Si](C)(C)C)(C#C[Si](C)(C)C)CC(Cl)Cl. The molecule has 0 saturated heterocycles. The number of hydrogen-bond donors (Lipinski definition) is 0. The number of hydrogen-bond acceptors (Lipinski definition) is 0. The van der Waals surface area contributed by atoms with Crippen molar-refractivity contribution < 1.29 is 0 Å². The third-order valence-corrected chi connectivity index (χ3v) is 4.20. The number of allylic oxidation sites excluding steroid dienone is 1. The van der Waals surface area contributed by atoms with Crippen LogP contribution in [-0.4, -0.2) is 21.0 Å². The van der Waals surface area contributed by atoms with Gasteiger partial charge in [-0.15, -0.1) is 40.9 Å². The maximum atomic E-state index is 5.95. The molecule has 0 nitrogen and oxygen atoms in total. The van der Waals surface area contributed by atoms with Crippen LogP contribution in [0.2, 0.25) is 39.3 Å². The van der Waals surface area contributed by atoms with Gasteiger partial charge in [0.2, 0.25) is 0 Å². The van der Waals surface area contributed by atoms with Crippen LogP contribution in [0.3, 0.4) is 0 Å². The molecule has 0 aliphatic carbocycles. The lowest BCUT2D eigenvalue weighted by molar-refractivity contribution is 0.642. The van der Waals surface area contributed by atoms with E-state index in [4.69, 9.17) is 23.2 Å². The van der Waals surface area contributed by atoms with E-state index in [2.05, 4.69) is 68.8 Å². The molecular weight excluding hydrogens is 307 g/mol. The molecule has 0 saturated carbocycles. The number of alkyl halides is 2. The van der Waals surface area contributed by atoms with Crippen molar-refractivity contribution in [1.29, 1.82) is 0 Å². The summed E-state index contributed by atoms with van der Waals surface area (Å²) in [6.07, 6.45) is 2.31. The van der Waals surface area contributed by atoms with Gasteiger partial charge in [0.05, 0.1) is 0 Å². The Labute approximate surface area is 131 Å². The van der Waals surface area contributed by atoms with Crippen LogP contribution in [0.5, 0.6) is 0 Å². The Kier molecular flexibility index (Phi) is 7.00. The first-order chi connectivity index (χ1) is 8.39. The molecule has 0 atom stereocenters. The van der Waals surface area contributed by atoms with Gasteiger partial charge in [0.15, 0.2) is 0 Å². The van der Waals surface area contributed by atoms with Crippen molar-refractivity contribution in [2.45, 2.75) is 50.5 Å². The van der Waals surface area contributed by atoms with Gasteiger partial charge in [-0.3, -0.25) is 0 Å². The first-order valence-corrected chi connectivity index (χ1v) is 14.3. The summed E-state index contributed by atoms with van der Waals surface area (Å²) >= 11 is 11.9. The zero-order valence-electron chi connectivity index (χ0n) is 12.8. The Morgan fingerprint density at radius 3 is 1.58 bits per heavy atom. The van der Waals surface area contributed by atoms with Gasteiger partial charge in [0.1, 0.15) is 26.4 Å². The van der Waals surface area contributed by atoms with E-state index < -0.39 is 26.4 Å². The first kappa shape index (κ1) is 18.9. The molecule has 0 radical (unpaired) electrons. The molecule has 19 heavy (non-hydrogen) atoms. The minimum atomic E-state index is -1.46. The monoisotopic (exact) mass is 330 g/mol. The van der Waals surface area contributed by atoms with Crippen molar-refractivity contribution in [3.63, 3.8) is 0 Å². The Morgan fingerprint density at radius 2 is 1.37 bits per heavy atom. The molecule has 0 heterocycles. The molecule has 0 N–H and O–H groups in total. The summed E-state index contributed by atoms with van der Waals surface area (Å²) in [6.45, 7) is 17.1. The van der Waals surface area contributed by atoms with Gasteiger partial charge < -0.3 is 0 Å². The van der Waals surface area contributed by atoms with Crippen LogP contribution < -0.4 is 0 Å². The van der Waals surface area contributed by atoms with E-state index >= 15 is 0 Å². The van der Waals surface area contributed by atoms with Crippen molar-refractivity contribution in [1.82, 2.24) is 0 Å². The largest absolute Gasteiger partial charge is 0.130 e. The quantitative estimate of drug-likeness (QED) is 0.292.